The molecule has 4 rings (SSSR count). The third-order valence-corrected chi connectivity index (χ3v) is 6.42. The van der Waals surface area contributed by atoms with Crippen LogP contribution in [0, 0.1) is 36.3 Å². The van der Waals surface area contributed by atoms with Crippen molar-refractivity contribution in [3.8, 4) is 17.6 Å². The summed E-state index contributed by atoms with van der Waals surface area (Å²) in [5.41, 5.74) is 2.12. The number of phenolic OH excluding ortho intramolecular Hbond substituents is 1. The van der Waals surface area contributed by atoms with Crippen LogP contribution in [0.3, 0.4) is 0 Å². The van der Waals surface area contributed by atoms with E-state index in [2.05, 4.69) is 34.0 Å². The predicted octanol–water partition coefficient (Wildman–Crippen LogP) is 4.98. The third kappa shape index (κ3) is 6.27. The molecular weight excluding hydrogens is 460 g/mol. The minimum Gasteiger partial charge on any atom is -0.508 e. The van der Waals surface area contributed by atoms with Crippen molar-refractivity contribution < 1.29 is 18.7 Å². The topological polar surface area (TPSA) is 65.5 Å². The molecule has 0 aliphatic carbocycles. The average Bonchev–Trinajstić information content (AvgIpc) is 2.88. The van der Waals surface area contributed by atoms with Crippen molar-refractivity contribution in [3.05, 3.63) is 94.3 Å². The van der Waals surface area contributed by atoms with Crippen molar-refractivity contribution in [2.24, 2.45) is 5.92 Å². The number of aromatic hydroxyl groups is 1. The maximum Gasteiger partial charge on any atom is 0.270 e. The third-order valence-electron chi connectivity index (χ3n) is 6.42. The first-order valence-electron chi connectivity index (χ1n) is 12.1. The van der Waals surface area contributed by atoms with Gasteiger partial charge in [0.15, 0.2) is 0 Å². The minimum absolute atomic E-state index is 0.154. The molecule has 36 heavy (non-hydrogen) atoms. The Hall–Kier alpha value is -3.76. The van der Waals surface area contributed by atoms with Gasteiger partial charge in [-0.05, 0) is 87.4 Å². The number of aryl methyl sites for hydroxylation is 1. The number of hydrogen-bond donors (Lipinski definition) is 2. The lowest BCUT2D eigenvalue weighted by Gasteiger charge is -2.28. The molecule has 2 heterocycles. The van der Waals surface area contributed by atoms with Crippen molar-refractivity contribution in [2.75, 3.05) is 19.6 Å². The van der Waals surface area contributed by atoms with Gasteiger partial charge in [-0.1, -0.05) is 30.9 Å². The van der Waals surface area contributed by atoms with Crippen LogP contribution in [-0.4, -0.2) is 40.5 Å². The molecular formula is C29H29F2N3O2. The first kappa shape index (κ1) is 25.3. The number of carbonyl (C=O) groups excluding carboxylic acids is 1. The van der Waals surface area contributed by atoms with E-state index in [-0.39, 0.29) is 17.0 Å². The highest BCUT2D eigenvalue weighted by molar-refractivity contribution is 5.93. The molecule has 0 saturated carbocycles. The summed E-state index contributed by atoms with van der Waals surface area (Å²) in [5, 5.41) is 13.2. The quantitative estimate of drug-likeness (QED) is 0.497. The first-order chi connectivity index (χ1) is 17.3. The highest BCUT2D eigenvalue weighted by Gasteiger charge is 2.23. The number of rotatable bonds is 5. The van der Waals surface area contributed by atoms with Crippen LogP contribution in [0.5, 0.6) is 5.75 Å². The molecule has 1 aromatic heterocycles. The molecule has 0 spiro atoms. The summed E-state index contributed by atoms with van der Waals surface area (Å²) in [4.78, 5) is 20.0. The normalized spacial score (nSPS) is 15.1. The van der Waals surface area contributed by atoms with Gasteiger partial charge in [0.1, 0.15) is 23.1 Å². The van der Waals surface area contributed by atoms with E-state index in [1.807, 2.05) is 6.07 Å². The van der Waals surface area contributed by atoms with Crippen LogP contribution < -0.4 is 5.32 Å². The number of phenols is 1. The van der Waals surface area contributed by atoms with Gasteiger partial charge in [-0.15, -0.1) is 0 Å². The van der Waals surface area contributed by atoms with Gasteiger partial charge in [0.2, 0.25) is 0 Å². The summed E-state index contributed by atoms with van der Waals surface area (Å²) in [7, 11) is 0. The largest absolute Gasteiger partial charge is 0.508 e. The maximum atomic E-state index is 14.0. The summed E-state index contributed by atoms with van der Waals surface area (Å²) in [6.45, 7) is 7.08. The molecule has 1 aliphatic heterocycles. The van der Waals surface area contributed by atoms with Crippen LogP contribution in [0.4, 0.5) is 8.78 Å². The van der Waals surface area contributed by atoms with Gasteiger partial charge in [0.05, 0.1) is 6.04 Å². The van der Waals surface area contributed by atoms with Crippen LogP contribution in [0.1, 0.15) is 58.7 Å². The van der Waals surface area contributed by atoms with Gasteiger partial charge in [0.25, 0.3) is 5.91 Å². The molecule has 186 valence electrons. The van der Waals surface area contributed by atoms with Crippen molar-refractivity contribution in [1.82, 2.24) is 15.2 Å². The first-order valence-corrected chi connectivity index (χ1v) is 12.1. The Morgan fingerprint density at radius 1 is 1.11 bits per heavy atom. The number of pyridine rings is 1. The van der Waals surface area contributed by atoms with E-state index >= 15 is 0 Å². The number of nitrogens with one attached hydrogen (secondary N) is 1. The zero-order chi connectivity index (χ0) is 25.7. The van der Waals surface area contributed by atoms with E-state index in [9.17, 15) is 18.7 Å². The molecule has 1 saturated heterocycles. The Morgan fingerprint density at radius 3 is 2.50 bits per heavy atom. The van der Waals surface area contributed by atoms with Crippen molar-refractivity contribution in [2.45, 2.75) is 32.7 Å². The SMILES string of the molecule is CCN1CCC(C#Cc2cc(C)nc(C(=O)NC(c3ccc(F)cc3)c3cc(F)ccc3O)c2)CC1. The Kier molecular flexibility index (Phi) is 7.97. The van der Waals surface area contributed by atoms with Crippen LogP contribution in [0.25, 0.3) is 0 Å². The molecule has 1 unspecified atom stereocenters. The molecule has 1 atom stereocenters. The number of aromatic nitrogens is 1. The molecule has 0 radical (unpaired) electrons. The molecule has 2 aromatic carbocycles. The van der Waals surface area contributed by atoms with Crippen molar-refractivity contribution in [1.29, 1.82) is 0 Å². The second kappa shape index (κ2) is 11.3. The summed E-state index contributed by atoms with van der Waals surface area (Å²) in [6.07, 6.45) is 2.05. The number of amides is 1. The average molecular weight is 490 g/mol. The van der Waals surface area contributed by atoms with E-state index in [0.29, 0.717) is 22.7 Å². The van der Waals surface area contributed by atoms with Gasteiger partial charge < -0.3 is 15.3 Å². The standard InChI is InChI=1S/C29H29F2N3O2/c1-3-34-14-12-20(13-15-34)4-5-21-16-19(2)32-26(17-21)29(36)33-28(22-6-8-23(30)9-7-22)25-18-24(31)10-11-27(25)35/h6-11,16-18,20,28,35H,3,12-15H2,1-2H3,(H,33,36). The summed E-state index contributed by atoms with van der Waals surface area (Å²) < 4.78 is 27.6. The monoisotopic (exact) mass is 489 g/mol. The second-order valence-electron chi connectivity index (χ2n) is 9.02. The summed E-state index contributed by atoms with van der Waals surface area (Å²) >= 11 is 0. The van der Waals surface area contributed by atoms with E-state index in [4.69, 9.17) is 0 Å². The Balaban J connectivity index is 1.59. The molecule has 7 heteroatoms. The lowest BCUT2D eigenvalue weighted by Crippen LogP contribution is -2.32. The Labute approximate surface area is 210 Å². The van der Waals surface area contributed by atoms with Crippen molar-refractivity contribution in [3.63, 3.8) is 0 Å². The number of likely N-dealkylation sites (tertiary alicyclic amines) is 1. The van der Waals surface area contributed by atoms with Gasteiger partial charge in [-0.2, -0.15) is 0 Å². The lowest BCUT2D eigenvalue weighted by atomic mass is 9.97. The lowest BCUT2D eigenvalue weighted by molar-refractivity contribution is 0.0937. The zero-order valence-electron chi connectivity index (χ0n) is 20.4. The van der Waals surface area contributed by atoms with Crippen LogP contribution in [0.15, 0.2) is 54.6 Å². The Morgan fingerprint density at radius 2 is 1.81 bits per heavy atom. The van der Waals surface area contributed by atoms with E-state index < -0.39 is 23.6 Å². The maximum absolute atomic E-state index is 14.0. The summed E-state index contributed by atoms with van der Waals surface area (Å²) in [6, 6.07) is 11.5. The highest BCUT2D eigenvalue weighted by Crippen LogP contribution is 2.30. The number of carbonyl (C=O) groups is 1. The summed E-state index contributed by atoms with van der Waals surface area (Å²) in [5.74, 6) is 5.14. The molecule has 5 nitrogen and oxygen atoms in total. The molecule has 3 aromatic rings. The van der Waals surface area contributed by atoms with Crippen LogP contribution >= 0.6 is 0 Å². The number of hydrogen-bond acceptors (Lipinski definition) is 4. The van der Waals surface area contributed by atoms with E-state index in [0.717, 1.165) is 44.6 Å². The van der Waals surface area contributed by atoms with Gasteiger partial charge in [0, 0.05) is 22.7 Å². The van der Waals surface area contributed by atoms with Gasteiger partial charge >= 0.3 is 0 Å². The molecule has 1 fully saturated rings. The predicted molar refractivity (Wildman–Crippen MR) is 134 cm³/mol. The van der Waals surface area contributed by atoms with E-state index in [1.165, 1.54) is 30.3 Å². The number of halogens is 2. The Bertz CT molecular complexity index is 1290. The van der Waals surface area contributed by atoms with Crippen LogP contribution in [-0.2, 0) is 0 Å². The van der Waals surface area contributed by atoms with E-state index in [1.54, 1.807) is 13.0 Å². The molecule has 1 amide bonds. The van der Waals surface area contributed by atoms with Crippen molar-refractivity contribution >= 4 is 5.91 Å². The fourth-order valence-electron chi connectivity index (χ4n) is 4.39. The fraction of sp³-hybridized carbons (Fsp3) is 0.310. The van der Waals surface area contributed by atoms with Crippen LogP contribution in [0.2, 0.25) is 0 Å². The smallest absolute Gasteiger partial charge is 0.270 e. The zero-order valence-corrected chi connectivity index (χ0v) is 20.4. The fourth-order valence-corrected chi connectivity index (χ4v) is 4.39. The molecule has 1 aliphatic rings. The number of benzene rings is 2. The minimum atomic E-state index is -0.922. The number of piperidine rings is 1. The van der Waals surface area contributed by atoms with Gasteiger partial charge in [-0.25, -0.2) is 13.8 Å². The number of nitrogens with zero attached hydrogens (tertiary/aromatic N) is 2. The van der Waals surface area contributed by atoms with Gasteiger partial charge in [-0.3, -0.25) is 4.79 Å². The molecule has 2 N–H and O–H groups in total. The highest BCUT2D eigenvalue weighted by atomic mass is 19.1. The molecule has 0 bridgehead atoms. The second-order valence-corrected chi connectivity index (χ2v) is 9.02.